The van der Waals surface area contributed by atoms with Crippen LogP contribution in [0.15, 0.2) is 65.6 Å². The summed E-state index contributed by atoms with van der Waals surface area (Å²) in [6.07, 6.45) is 4.11. The molecule has 2 amide bonds. The fourth-order valence-electron chi connectivity index (χ4n) is 5.99. The van der Waals surface area contributed by atoms with E-state index in [0.29, 0.717) is 30.1 Å². The van der Waals surface area contributed by atoms with E-state index >= 15 is 0 Å². The standard InChI is InChI=1S/C35H43N5O4/c1-22(2)26-13-9-14-27(23(3)4)31(26)37-35(43)38-32-30(28-15-10-17-36-33(28)39(5)34(32)42)24-11-8-12-25(21-24)44-20-19-40-18-7-6-16-29(40)41/h8-15,17,21-23,29,41H,6-7,16,18-20H2,1-5H3,(H2,37,38,43). The number of urea groups is 1. The minimum atomic E-state index is -0.492. The van der Waals surface area contributed by atoms with Crippen LogP contribution in [0.3, 0.4) is 0 Å². The third-order valence-electron chi connectivity index (χ3n) is 8.34. The van der Waals surface area contributed by atoms with Crippen molar-refractivity contribution in [3.05, 3.63) is 82.3 Å². The van der Waals surface area contributed by atoms with E-state index in [1.807, 2.05) is 59.5 Å². The molecule has 1 aliphatic heterocycles. The van der Waals surface area contributed by atoms with E-state index < -0.39 is 12.3 Å². The number of amides is 2. The Labute approximate surface area is 258 Å². The summed E-state index contributed by atoms with van der Waals surface area (Å²) in [5, 5.41) is 17.0. The molecule has 3 N–H and O–H groups in total. The predicted octanol–water partition coefficient (Wildman–Crippen LogP) is 6.67. The van der Waals surface area contributed by atoms with Crippen molar-refractivity contribution < 1.29 is 14.6 Å². The van der Waals surface area contributed by atoms with Gasteiger partial charge in [0.15, 0.2) is 0 Å². The number of hydrogen-bond donors (Lipinski definition) is 3. The highest BCUT2D eigenvalue weighted by atomic mass is 16.5. The largest absolute Gasteiger partial charge is 0.492 e. The van der Waals surface area contributed by atoms with E-state index in [-0.39, 0.29) is 23.1 Å². The Hall–Kier alpha value is -4.21. The lowest BCUT2D eigenvalue weighted by atomic mass is 9.93. The molecule has 4 aromatic rings. The Morgan fingerprint density at radius 2 is 1.70 bits per heavy atom. The summed E-state index contributed by atoms with van der Waals surface area (Å²) in [6, 6.07) is 16.8. The molecule has 3 heterocycles. The maximum Gasteiger partial charge on any atom is 0.323 e. The van der Waals surface area contributed by atoms with E-state index in [1.54, 1.807) is 13.2 Å². The lowest BCUT2D eigenvalue weighted by molar-refractivity contribution is -0.0292. The normalized spacial score (nSPS) is 15.6. The van der Waals surface area contributed by atoms with E-state index in [0.717, 1.165) is 53.6 Å². The minimum absolute atomic E-state index is 0.159. The second kappa shape index (κ2) is 13.6. The van der Waals surface area contributed by atoms with Crippen LogP contribution in [-0.2, 0) is 7.05 Å². The van der Waals surface area contributed by atoms with Gasteiger partial charge in [0.1, 0.15) is 29.9 Å². The van der Waals surface area contributed by atoms with Crippen LogP contribution in [0.25, 0.3) is 22.2 Å². The number of ether oxygens (including phenoxy) is 1. The van der Waals surface area contributed by atoms with Crippen LogP contribution in [0.2, 0.25) is 0 Å². The van der Waals surface area contributed by atoms with Crippen LogP contribution in [0, 0.1) is 0 Å². The number of benzene rings is 2. The number of fused-ring (bicyclic) bond motifs is 1. The molecule has 0 spiro atoms. The fourth-order valence-corrected chi connectivity index (χ4v) is 5.99. The number of carbonyl (C=O) groups is 1. The molecule has 232 valence electrons. The van der Waals surface area contributed by atoms with Gasteiger partial charge in [-0.05, 0) is 72.1 Å². The highest BCUT2D eigenvalue weighted by Crippen LogP contribution is 2.36. The van der Waals surface area contributed by atoms with Gasteiger partial charge in [-0.15, -0.1) is 0 Å². The maximum atomic E-state index is 13.8. The van der Waals surface area contributed by atoms with Crippen molar-refractivity contribution in [3.8, 4) is 16.9 Å². The van der Waals surface area contributed by atoms with E-state index in [4.69, 9.17) is 4.74 Å². The van der Waals surface area contributed by atoms with Gasteiger partial charge in [-0.1, -0.05) is 58.0 Å². The zero-order valence-corrected chi connectivity index (χ0v) is 26.3. The summed E-state index contributed by atoms with van der Waals surface area (Å²) in [6.45, 7) is 10.3. The number of nitrogens with zero attached hydrogens (tertiary/aromatic N) is 3. The van der Waals surface area contributed by atoms with Gasteiger partial charge in [0.25, 0.3) is 5.56 Å². The van der Waals surface area contributed by atoms with Crippen LogP contribution in [0.1, 0.15) is 69.9 Å². The number of para-hydroxylation sites is 1. The van der Waals surface area contributed by atoms with Gasteiger partial charge in [-0.2, -0.15) is 0 Å². The Bertz CT molecular complexity index is 1670. The molecule has 1 atom stereocenters. The number of aliphatic hydroxyl groups is 1. The maximum absolute atomic E-state index is 13.8. The first-order valence-corrected chi connectivity index (χ1v) is 15.5. The quantitative estimate of drug-likeness (QED) is 0.199. The molecule has 1 unspecified atom stereocenters. The molecule has 2 aromatic heterocycles. The first-order valence-electron chi connectivity index (χ1n) is 15.5. The number of aryl methyl sites for hydroxylation is 1. The topological polar surface area (TPSA) is 109 Å². The fraction of sp³-hybridized carbons (Fsp3) is 0.400. The van der Waals surface area contributed by atoms with Crippen LogP contribution >= 0.6 is 0 Å². The smallest absolute Gasteiger partial charge is 0.323 e. The number of piperidine rings is 1. The van der Waals surface area contributed by atoms with Gasteiger partial charge in [0.2, 0.25) is 0 Å². The first kappa shape index (κ1) is 31.2. The molecule has 9 heteroatoms. The van der Waals surface area contributed by atoms with E-state index in [2.05, 4.69) is 43.3 Å². The van der Waals surface area contributed by atoms with E-state index in [9.17, 15) is 14.7 Å². The minimum Gasteiger partial charge on any atom is -0.492 e. The van der Waals surface area contributed by atoms with Crippen molar-refractivity contribution in [2.75, 3.05) is 30.3 Å². The third kappa shape index (κ3) is 6.64. The summed E-state index contributed by atoms with van der Waals surface area (Å²) in [5.41, 5.74) is 4.43. The number of anilines is 2. The number of hydrogen-bond acceptors (Lipinski definition) is 6. The van der Waals surface area contributed by atoms with Crippen molar-refractivity contribution in [1.29, 1.82) is 0 Å². The van der Waals surface area contributed by atoms with Gasteiger partial charge in [0, 0.05) is 43.0 Å². The average molecular weight is 598 g/mol. The van der Waals surface area contributed by atoms with Crippen molar-refractivity contribution in [1.82, 2.24) is 14.5 Å². The van der Waals surface area contributed by atoms with Crippen molar-refractivity contribution >= 4 is 28.4 Å². The zero-order chi connectivity index (χ0) is 31.4. The second-order valence-corrected chi connectivity index (χ2v) is 12.1. The highest BCUT2D eigenvalue weighted by molar-refractivity contribution is 6.07. The van der Waals surface area contributed by atoms with Crippen LogP contribution < -0.4 is 20.9 Å². The molecule has 0 aliphatic carbocycles. The molecule has 1 aliphatic rings. The Morgan fingerprint density at radius 1 is 1.00 bits per heavy atom. The van der Waals surface area contributed by atoms with Crippen molar-refractivity contribution in [2.24, 2.45) is 7.05 Å². The number of pyridine rings is 2. The Balaban J connectivity index is 1.49. The van der Waals surface area contributed by atoms with Gasteiger partial charge < -0.3 is 20.5 Å². The predicted molar refractivity (Wildman–Crippen MR) is 177 cm³/mol. The molecule has 2 aromatic carbocycles. The number of carbonyl (C=O) groups excluding carboxylic acids is 1. The van der Waals surface area contributed by atoms with Crippen LogP contribution in [0.5, 0.6) is 5.75 Å². The lowest BCUT2D eigenvalue weighted by Crippen LogP contribution is -2.41. The molecule has 5 rings (SSSR count). The summed E-state index contributed by atoms with van der Waals surface area (Å²) >= 11 is 0. The molecular weight excluding hydrogens is 554 g/mol. The lowest BCUT2D eigenvalue weighted by Gasteiger charge is -2.31. The van der Waals surface area contributed by atoms with Crippen molar-refractivity contribution in [3.63, 3.8) is 0 Å². The van der Waals surface area contributed by atoms with Gasteiger partial charge >= 0.3 is 6.03 Å². The van der Waals surface area contributed by atoms with Crippen LogP contribution in [-0.4, -0.2) is 51.5 Å². The molecule has 0 radical (unpaired) electrons. The molecule has 1 fully saturated rings. The molecule has 9 nitrogen and oxygen atoms in total. The SMILES string of the molecule is CC(C)c1cccc(C(C)C)c1NC(=O)Nc1c(-c2cccc(OCCN3CCCCC3O)c2)c2cccnc2n(C)c1=O. The number of nitrogens with one attached hydrogen (secondary N) is 2. The van der Waals surface area contributed by atoms with Gasteiger partial charge in [-0.3, -0.25) is 14.3 Å². The molecule has 0 bridgehead atoms. The van der Waals surface area contributed by atoms with Crippen molar-refractivity contribution in [2.45, 2.75) is 65.0 Å². The first-order chi connectivity index (χ1) is 21.2. The molecule has 1 saturated heterocycles. The number of likely N-dealkylation sites (tertiary alicyclic amines) is 1. The summed E-state index contributed by atoms with van der Waals surface area (Å²) in [4.78, 5) is 34.0. The Morgan fingerprint density at radius 3 is 2.41 bits per heavy atom. The third-order valence-corrected chi connectivity index (χ3v) is 8.34. The summed E-state index contributed by atoms with van der Waals surface area (Å²) in [5.74, 6) is 1.02. The Kier molecular flexibility index (Phi) is 9.66. The molecular formula is C35H43N5O4. The molecule has 44 heavy (non-hydrogen) atoms. The number of aromatic nitrogens is 2. The van der Waals surface area contributed by atoms with Crippen LogP contribution in [0.4, 0.5) is 16.2 Å². The molecule has 0 saturated carbocycles. The number of aliphatic hydroxyl groups excluding tert-OH is 1. The monoisotopic (exact) mass is 597 g/mol. The highest BCUT2D eigenvalue weighted by Gasteiger charge is 2.23. The number of rotatable bonds is 9. The van der Waals surface area contributed by atoms with Gasteiger partial charge in [-0.25, -0.2) is 9.78 Å². The van der Waals surface area contributed by atoms with E-state index in [1.165, 1.54) is 4.57 Å². The second-order valence-electron chi connectivity index (χ2n) is 12.1. The van der Waals surface area contributed by atoms with Gasteiger partial charge in [0.05, 0.1) is 0 Å². The zero-order valence-electron chi connectivity index (χ0n) is 26.3. The summed E-state index contributed by atoms with van der Waals surface area (Å²) in [7, 11) is 1.66. The average Bonchev–Trinajstić information content (AvgIpc) is 3.01. The summed E-state index contributed by atoms with van der Waals surface area (Å²) < 4.78 is 7.56.